The van der Waals surface area contributed by atoms with Gasteiger partial charge in [0.1, 0.15) is 0 Å². The quantitative estimate of drug-likeness (QED) is 0.515. The first kappa shape index (κ1) is 8.31. The van der Waals surface area contributed by atoms with E-state index in [-0.39, 0.29) is 5.54 Å². The van der Waals surface area contributed by atoms with Gasteiger partial charge >= 0.3 is 0 Å². The third kappa shape index (κ3) is 1.82. The minimum absolute atomic E-state index is 0.0568. The molecule has 0 aromatic carbocycles. The van der Waals surface area contributed by atoms with E-state index in [1.807, 2.05) is 6.21 Å². The van der Waals surface area contributed by atoms with E-state index in [9.17, 15) is 0 Å². The molecule has 1 unspecified atom stereocenters. The Morgan fingerprint density at radius 3 is 2.73 bits per heavy atom. The monoisotopic (exact) mass is 152 g/mol. The zero-order valence-electron chi connectivity index (χ0n) is 7.70. The maximum Gasteiger partial charge on any atom is 0.0686 e. The van der Waals surface area contributed by atoms with Gasteiger partial charge in [0, 0.05) is 13.3 Å². The summed E-state index contributed by atoms with van der Waals surface area (Å²) >= 11 is 0. The molecule has 0 bridgehead atoms. The molecule has 62 valence electrons. The smallest absolute Gasteiger partial charge is 0.0686 e. The molecule has 11 heavy (non-hydrogen) atoms. The summed E-state index contributed by atoms with van der Waals surface area (Å²) in [5.41, 5.74) is 0.0568. The van der Waals surface area contributed by atoms with Crippen LogP contribution in [0.2, 0.25) is 0 Å². The van der Waals surface area contributed by atoms with E-state index in [0.29, 0.717) is 6.04 Å². The van der Waals surface area contributed by atoms with Crippen LogP contribution in [-0.2, 0) is 0 Å². The second kappa shape index (κ2) is 2.68. The zero-order chi connectivity index (χ0) is 8.48. The molecule has 0 saturated carbocycles. The molecular formula is C9H16N2. The van der Waals surface area contributed by atoms with Crippen LogP contribution < -0.4 is 0 Å². The average Bonchev–Trinajstić information content (AvgIpc) is 2.03. The lowest BCUT2D eigenvalue weighted by molar-refractivity contribution is 0.317. The van der Waals surface area contributed by atoms with Crippen molar-refractivity contribution in [3.05, 3.63) is 12.3 Å². The maximum atomic E-state index is 4.37. The molecule has 2 heteroatoms. The Morgan fingerprint density at radius 1 is 1.45 bits per heavy atom. The maximum absolute atomic E-state index is 4.37. The van der Waals surface area contributed by atoms with Crippen LogP contribution >= 0.6 is 0 Å². The molecule has 0 N–H and O–H groups in total. The van der Waals surface area contributed by atoms with Gasteiger partial charge < -0.3 is 4.90 Å². The molecule has 2 nitrogen and oxygen atoms in total. The van der Waals surface area contributed by atoms with E-state index in [0.717, 1.165) is 0 Å². The summed E-state index contributed by atoms with van der Waals surface area (Å²) in [4.78, 5) is 6.54. The van der Waals surface area contributed by atoms with Crippen molar-refractivity contribution in [1.29, 1.82) is 0 Å². The molecule has 0 aromatic rings. The number of nitrogens with zero attached hydrogens (tertiary/aromatic N) is 2. The molecule has 0 aromatic heterocycles. The van der Waals surface area contributed by atoms with Crippen molar-refractivity contribution in [3.63, 3.8) is 0 Å². The van der Waals surface area contributed by atoms with Crippen molar-refractivity contribution < 1.29 is 0 Å². The number of hydrogen-bond donors (Lipinski definition) is 0. The van der Waals surface area contributed by atoms with Crippen LogP contribution in [-0.4, -0.2) is 29.7 Å². The van der Waals surface area contributed by atoms with E-state index < -0.39 is 0 Å². The second-order valence-electron chi connectivity index (χ2n) is 3.62. The molecule has 0 fully saturated rings. The molecule has 1 rings (SSSR count). The predicted octanol–water partition coefficient (Wildman–Crippen LogP) is 1.68. The van der Waals surface area contributed by atoms with Gasteiger partial charge in [0.05, 0.1) is 11.6 Å². The van der Waals surface area contributed by atoms with Crippen LogP contribution in [0.15, 0.2) is 17.3 Å². The topological polar surface area (TPSA) is 15.6 Å². The zero-order valence-corrected chi connectivity index (χ0v) is 7.70. The summed E-state index contributed by atoms with van der Waals surface area (Å²) in [6.07, 6.45) is 6.21. The Labute approximate surface area is 68.6 Å². The highest BCUT2D eigenvalue weighted by molar-refractivity contribution is 5.70. The lowest BCUT2D eigenvalue weighted by atomic mass is 10.1. The van der Waals surface area contributed by atoms with Crippen molar-refractivity contribution >= 4 is 6.21 Å². The standard InChI is InChI=1S/C9H16N2/c1-8-5-6-11(4)9(2,3)7-10-8/h5-8H,1-4H3. The van der Waals surface area contributed by atoms with Crippen LogP contribution in [0.3, 0.4) is 0 Å². The van der Waals surface area contributed by atoms with Crippen LogP contribution in [0.1, 0.15) is 20.8 Å². The summed E-state index contributed by atoms with van der Waals surface area (Å²) in [5, 5.41) is 0. The second-order valence-corrected chi connectivity index (χ2v) is 3.62. The van der Waals surface area contributed by atoms with Gasteiger partial charge in [0.15, 0.2) is 0 Å². The van der Waals surface area contributed by atoms with Crippen molar-refractivity contribution in [2.24, 2.45) is 4.99 Å². The molecule has 1 aliphatic rings. The van der Waals surface area contributed by atoms with Crippen LogP contribution in [0.4, 0.5) is 0 Å². The van der Waals surface area contributed by atoms with Gasteiger partial charge in [0.2, 0.25) is 0 Å². The highest BCUT2D eigenvalue weighted by atomic mass is 15.2. The Hall–Kier alpha value is -0.790. The van der Waals surface area contributed by atoms with Crippen LogP contribution in [0.5, 0.6) is 0 Å². The molecule has 1 heterocycles. The van der Waals surface area contributed by atoms with Crippen molar-refractivity contribution in [3.8, 4) is 0 Å². The van der Waals surface area contributed by atoms with Gasteiger partial charge in [-0.25, -0.2) is 0 Å². The summed E-state index contributed by atoms with van der Waals surface area (Å²) < 4.78 is 0. The molecule has 0 amide bonds. The number of hydrogen-bond acceptors (Lipinski definition) is 2. The van der Waals surface area contributed by atoms with Gasteiger partial charge in [-0.05, 0) is 33.0 Å². The third-order valence-corrected chi connectivity index (χ3v) is 2.12. The normalized spacial score (nSPS) is 28.7. The molecule has 0 radical (unpaired) electrons. The van der Waals surface area contributed by atoms with Gasteiger partial charge in [0.25, 0.3) is 0 Å². The van der Waals surface area contributed by atoms with E-state index in [4.69, 9.17) is 0 Å². The van der Waals surface area contributed by atoms with Crippen LogP contribution in [0.25, 0.3) is 0 Å². The van der Waals surface area contributed by atoms with E-state index in [1.165, 1.54) is 0 Å². The van der Waals surface area contributed by atoms with Crippen molar-refractivity contribution in [1.82, 2.24) is 4.90 Å². The molecule has 1 aliphatic heterocycles. The average molecular weight is 152 g/mol. The lowest BCUT2D eigenvalue weighted by Gasteiger charge is -2.29. The molecular weight excluding hydrogens is 136 g/mol. The Morgan fingerprint density at radius 2 is 2.09 bits per heavy atom. The Bertz CT molecular complexity index is 192. The van der Waals surface area contributed by atoms with Gasteiger partial charge in [-0.3, -0.25) is 4.99 Å². The molecule has 0 saturated heterocycles. The summed E-state index contributed by atoms with van der Waals surface area (Å²) in [6, 6.07) is 0.319. The fourth-order valence-electron chi connectivity index (χ4n) is 0.886. The van der Waals surface area contributed by atoms with Gasteiger partial charge in [-0.1, -0.05) is 0 Å². The SMILES string of the molecule is CC1C=CN(C)C(C)(C)C=N1. The fourth-order valence-corrected chi connectivity index (χ4v) is 0.886. The predicted molar refractivity (Wildman–Crippen MR) is 48.9 cm³/mol. The van der Waals surface area contributed by atoms with Gasteiger partial charge in [-0.2, -0.15) is 0 Å². The first-order valence-corrected chi connectivity index (χ1v) is 3.98. The minimum Gasteiger partial charge on any atom is -0.371 e. The van der Waals surface area contributed by atoms with E-state index in [1.54, 1.807) is 0 Å². The number of rotatable bonds is 0. The van der Waals surface area contributed by atoms with Crippen molar-refractivity contribution in [2.45, 2.75) is 32.4 Å². The first-order valence-electron chi connectivity index (χ1n) is 3.98. The highest BCUT2D eigenvalue weighted by Crippen LogP contribution is 2.13. The molecule has 0 aliphatic carbocycles. The third-order valence-electron chi connectivity index (χ3n) is 2.12. The number of aliphatic imine (C=N–C) groups is 1. The van der Waals surface area contributed by atoms with E-state index in [2.05, 4.69) is 50.0 Å². The van der Waals surface area contributed by atoms with Gasteiger partial charge in [-0.15, -0.1) is 0 Å². The summed E-state index contributed by atoms with van der Waals surface area (Å²) in [7, 11) is 2.07. The fraction of sp³-hybridized carbons (Fsp3) is 0.667. The van der Waals surface area contributed by atoms with Crippen LogP contribution in [0, 0.1) is 0 Å². The minimum atomic E-state index is 0.0568. The summed E-state index contributed by atoms with van der Waals surface area (Å²) in [6.45, 7) is 6.39. The van der Waals surface area contributed by atoms with E-state index >= 15 is 0 Å². The first-order chi connectivity index (χ1) is 5.02. The Balaban J connectivity index is 2.86. The molecule has 0 spiro atoms. The highest BCUT2D eigenvalue weighted by Gasteiger charge is 2.19. The lowest BCUT2D eigenvalue weighted by Crippen LogP contribution is -2.38. The molecule has 1 atom stereocenters. The Kier molecular flexibility index (Phi) is 2.03. The van der Waals surface area contributed by atoms with Crippen molar-refractivity contribution in [2.75, 3.05) is 7.05 Å². The largest absolute Gasteiger partial charge is 0.371 e. The summed E-state index contributed by atoms with van der Waals surface area (Å²) in [5.74, 6) is 0.